The number of aryl methyl sites for hydroxylation is 1. The molecule has 17 heavy (non-hydrogen) atoms. The van der Waals surface area contributed by atoms with Gasteiger partial charge < -0.3 is 10.2 Å². The molecule has 0 saturated heterocycles. The van der Waals surface area contributed by atoms with E-state index in [2.05, 4.69) is 4.98 Å². The molecule has 0 aliphatic heterocycles. The number of benzene rings is 1. The summed E-state index contributed by atoms with van der Waals surface area (Å²) in [4.78, 5) is 4.10. The number of nitrogens with zero attached hydrogens (tertiary/aromatic N) is 1. The first-order chi connectivity index (χ1) is 8.20. The molecule has 1 heterocycles. The smallest absolute Gasteiger partial charge is 0.194 e. The van der Waals surface area contributed by atoms with E-state index >= 15 is 0 Å². The van der Waals surface area contributed by atoms with Gasteiger partial charge in [-0.2, -0.15) is 0 Å². The first kappa shape index (κ1) is 12.1. The Hall–Kier alpha value is -1.39. The van der Waals surface area contributed by atoms with Gasteiger partial charge in [-0.1, -0.05) is 11.6 Å². The predicted octanol–water partition coefficient (Wildman–Crippen LogP) is 3.03. The van der Waals surface area contributed by atoms with Crippen molar-refractivity contribution in [1.82, 2.24) is 4.98 Å². The number of hydrogen-bond donors (Lipinski definition) is 1. The second kappa shape index (κ2) is 5.29. The minimum Gasteiger partial charge on any atom is -0.441 e. The third-order valence-corrected chi connectivity index (χ3v) is 2.66. The zero-order valence-corrected chi connectivity index (χ0v) is 9.88. The van der Waals surface area contributed by atoms with Crippen LogP contribution < -0.4 is 5.73 Å². The number of oxazole rings is 1. The summed E-state index contributed by atoms with van der Waals surface area (Å²) in [7, 11) is 0. The summed E-state index contributed by atoms with van der Waals surface area (Å²) < 4.78 is 18.8. The van der Waals surface area contributed by atoms with Gasteiger partial charge in [0, 0.05) is 12.0 Å². The number of nitrogens with two attached hydrogens (primary N) is 1. The van der Waals surface area contributed by atoms with Crippen LogP contribution in [0.1, 0.15) is 12.3 Å². The molecule has 0 saturated carbocycles. The monoisotopic (exact) mass is 254 g/mol. The molecule has 3 nitrogen and oxygen atoms in total. The maximum atomic E-state index is 13.3. The van der Waals surface area contributed by atoms with E-state index in [9.17, 15) is 4.39 Å². The lowest BCUT2D eigenvalue weighted by atomic mass is 10.2. The zero-order chi connectivity index (χ0) is 12.3. The molecule has 0 amide bonds. The molecule has 2 N–H and O–H groups in total. The molecule has 2 rings (SSSR count). The van der Waals surface area contributed by atoms with Gasteiger partial charge in [0.15, 0.2) is 11.7 Å². The second-order valence-electron chi connectivity index (χ2n) is 3.64. The highest BCUT2D eigenvalue weighted by molar-refractivity contribution is 6.30. The summed E-state index contributed by atoms with van der Waals surface area (Å²) in [6.45, 7) is 0.591. The van der Waals surface area contributed by atoms with Crippen molar-refractivity contribution in [3.8, 4) is 11.3 Å². The molecular weight excluding hydrogens is 243 g/mol. The van der Waals surface area contributed by atoms with E-state index in [1.807, 2.05) is 0 Å². The van der Waals surface area contributed by atoms with Gasteiger partial charge >= 0.3 is 0 Å². The van der Waals surface area contributed by atoms with E-state index in [-0.39, 0.29) is 5.02 Å². The van der Waals surface area contributed by atoms with Crippen LogP contribution in [0.5, 0.6) is 0 Å². The Bertz CT molecular complexity index is 513. The van der Waals surface area contributed by atoms with E-state index in [1.165, 1.54) is 12.1 Å². The average Bonchev–Trinajstić information content (AvgIpc) is 2.79. The van der Waals surface area contributed by atoms with Gasteiger partial charge in [-0.3, -0.25) is 0 Å². The highest BCUT2D eigenvalue weighted by Crippen LogP contribution is 2.25. The van der Waals surface area contributed by atoms with E-state index in [1.54, 1.807) is 12.3 Å². The van der Waals surface area contributed by atoms with Gasteiger partial charge in [0.05, 0.1) is 11.2 Å². The van der Waals surface area contributed by atoms with Gasteiger partial charge in [-0.05, 0) is 31.2 Å². The van der Waals surface area contributed by atoms with E-state index in [0.29, 0.717) is 30.2 Å². The van der Waals surface area contributed by atoms with Gasteiger partial charge in [0.25, 0.3) is 0 Å². The quantitative estimate of drug-likeness (QED) is 0.912. The summed E-state index contributed by atoms with van der Waals surface area (Å²) in [6.07, 6.45) is 3.08. The average molecular weight is 255 g/mol. The van der Waals surface area contributed by atoms with Crippen LogP contribution in [0.4, 0.5) is 4.39 Å². The summed E-state index contributed by atoms with van der Waals surface area (Å²) in [5.74, 6) is 0.678. The first-order valence-corrected chi connectivity index (χ1v) is 5.68. The Morgan fingerprint density at radius 3 is 2.94 bits per heavy atom. The molecule has 90 valence electrons. The predicted molar refractivity (Wildman–Crippen MR) is 64.3 cm³/mol. The Morgan fingerprint density at radius 1 is 1.41 bits per heavy atom. The highest BCUT2D eigenvalue weighted by atomic mass is 35.5. The summed E-state index contributed by atoms with van der Waals surface area (Å²) >= 11 is 5.61. The summed E-state index contributed by atoms with van der Waals surface area (Å²) in [5, 5.41) is 0.0941. The minimum absolute atomic E-state index is 0.0941. The molecule has 1 aromatic carbocycles. The van der Waals surface area contributed by atoms with Crippen LogP contribution in [0, 0.1) is 5.82 Å². The molecule has 0 fully saturated rings. The van der Waals surface area contributed by atoms with E-state index in [4.69, 9.17) is 21.8 Å². The van der Waals surface area contributed by atoms with Crippen LogP contribution in [0.25, 0.3) is 11.3 Å². The van der Waals surface area contributed by atoms with Crippen molar-refractivity contribution in [1.29, 1.82) is 0 Å². The van der Waals surface area contributed by atoms with Crippen LogP contribution in [0.2, 0.25) is 5.02 Å². The Kier molecular flexibility index (Phi) is 3.76. The standard InChI is InChI=1S/C12H12ClFN2O/c13-9-4-3-8(6-10(9)14)11-7-16-12(17-11)2-1-5-15/h3-4,6-7H,1-2,5,15H2. The molecule has 0 aliphatic rings. The molecule has 2 aromatic rings. The lowest BCUT2D eigenvalue weighted by molar-refractivity contribution is 0.499. The SMILES string of the molecule is NCCCc1ncc(-c2ccc(Cl)c(F)c2)o1. The van der Waals surface area contributed by atoms with Crippen molar-refractivity contribution in [2.45, 2.75) is 12.8 Å². The third-order valence-electron chi connectivity index (χ3n) is 2.35. The van der Waals surface area contributed by atoms with Crippen LogP contribution in [-0.4, -0.2) is 11.5 Å². The number of hydrogen-bond acceptors (Lipinski definition) is 3. The molecular formula is C12H12ClFN2O. The molecule has 0 bridgehead atoms. The molecule has 5 heteroatoms. The minimum atomic E-state index is -0.468. The van der Waals surface area contributed by atoms with Gasteiger partial charge in [-0.25, -0.2) is 9.37 Å². The lowest BCUT2D eigenvalue weighted by Gasteiger charge is -1.98. The van der Waals surface area contributed by atoms with Crippen LogP contribution in [-0.2, 0) is 6.42 Å². The van der Waals surface area contributed by atoms with Crippen molar-refractivity contribution < 1.29 is 8.81 Å². The first-order valence-electron chi connectivity index (χ1n) is 5.31. The zero-order valence-electron chi connectivity index (χ0n) is 9.12. The molecule has 0 radical (unpaired) electrons. The topological polar surface area (TPSA) is 52.0 Å². The molecule has 0 atom stereocenters. The molecule has 0 aliphatic carbocycles. The molecule has 1 aromatic heterocycles. The van der Waals surface area contributed by atoms with Gasteiger partial charge in [0.2, 0.25) is 0 Å². The molecule has 0 spiro atoms. The maximum absolute atomic E-state index is 13.3. The van der Waals surface area contributed by atoms with Crippen molar-refractivity contribution in [2.24, 2.45) is 5.73 Å². The largest absolute Gasteiger partial charge is 0.441 e. The molecule has 0 unspecified atom stereocenters. The maximum Gasteiger partial charge on any atom is 0.194 e. The number of rotatable bonds is 4. The number of aromatic nitrogens is 1. The van der Waals surface area contributed by atoms with Gasteiger partial charge in [0.1, 0.15) is 5.82 Å². The summed E-state index contributed by atoms with van der Waals surface area (Å²) in [5.41, 5.74) is 6.02. The fraction of sp³-hybridized carbons (Fsp3) is 0.250. The third kappa shape index (κ3) is 2.84. The lowest BCUT2D eigenvalue weighted by Crippen LogP contribution is -2.00. The Labute approximate surface area is 103 Å². The summed E-state index contributed by atoms with van der Waals surface area (Å²) in [6, 6.07) is 4.52. The van der Waals surface area contributed by atoms with E-state index < -0.39 is 5.82 Å². The van der Waals surface area contributed by atoms with Crippen LogP contribution in [0.15, 0.2) is 28.8 Å². The fourth-order valence-corrected chi connectivity index (χ4v) is 1.58. The van der Waals surface area contributed by atoms with E-state index in [0.717, 1.165) is 6.42 Å². The van der Waals surface area contributed by atoms with Gasteiger partial charge in [-0.15, -0.1) is 0 Å². The van der Waals surface area contributed by atoms with Crippen molar-refractivity contribution in [2.75, 3.05) is 6.54 Å². The van der Waals surface area contributed by atoms with Crippen molar-refractivity contribution in [3.63, 3.8) is 0 Å². The number of halogens is 2. The van der Waals surface area contributed by atoms with Crippen molar-refractivity contribution >= 4 is 11.6 Å². The normalized spacial score (nSPS) is 10.8. The Morgan fingerprint density at radius 2 is 2.24 bits per heavy atom. The van der Waals surface area contributed by atoms with Crippen LogP contribution in [0.3, 0.4) is 0 Å². The van der Waals surface area contributed by atoms with Crippen LogP contribution >= 0.6 is 11.6 Å². The fourth-order valence-electron chi connectivity index (χ4n) is 1.46. The Balaban J connectivity index is 2.21. The van der Waals surface area contributed by atoms with Crippen molar-refractivity contribution in [3.05, 3.63) is 41.1 Å². The second-order valence-corrected chi connectivity index (χ2v) is 4.05. The highest BCUT2D eigenvalue weighted by Gasteiger charge is 2.08.